The third-order valence-electron chi connectivity index (χ3n) is 3.70. The van der Waals surface area contributed by atoms with Crippen molar-refractivity contribution in [1.82, 2.24) is 24.5 Å². The quantitative estimate of drug-likeness (QED) is 0.550. The second-order valence-electron chi connectivity index (χ2n) is 5.02. The van der Waals surface area contributed by atoms with Crippen LogP contribution in [0.15, 0.2) is 18.7 Å². The van der Waals surface area contributed by atoms with Crippen LogP contribution in [0, 0.1) is 5.92 Å². The predicted molar refractivity (Wildman–Crippen MR) is 75.2 cm³/mol. The molecule has 2 aromatic rings. The summed E-state index contributed by atoms with van der Waals surface area (Å²) in [5, 5.41) is 3.33. The van der Waals surface area contributed by atoms with E-state index in [4.69, 9.17) is 5.84 Å². The van der Waals surface area contributed by atoms with E-state index in [0.29, 0.717) is 29.8 Å². The highest BCUT2D eigenvalue weighted by molar-refractivity contribution is 5.38. The fourth-order valence-corrected chi connectivity index (χ4v) is 2.25. The third-order valence-corrected chi connectivity index (χ3v) is 3.70. The summed E-state index contributed by atoms with van der Waals surface area (Å²) in [5.74, 6) is 7.44. The maximum absolute atomic E-state index is 5.41. The number of hydrazine groups is 1. The van der Waals surface area contributed by atoms with Gasteiger partial charge in [0, 0.05) is 18.4 Å². The van der Waals surface area contributed by atoms with E-state index >= 15 is 0 Å². The zero-order valence-corrected chi connectivity index (χ0v) is 11.3. The van der Waals surface area contributed by atoms with Gasteiger partial charge in [0.1, 0.15) is 6.33 Å². The molecule has 0 saturated heterocycles. The van der Waals surface area contributed by atoms with Gasteiger partial charge in [-0.2, -0.15) is 15.0 Å². The molecule has 0 radical (unpaired) electrons. The van der Waals surface area contributed by atoms with Crippen LogP contribution in [-0.2, 0) is 0 Å². The van der Waals surface area contributed by atoms with Gasteiger partial charge in [-0.1, -0.05) is 6.42 Å². The Labute approximate surface area is 116 Å². The molecule has 0 spiro atoms. The maximum Gasteiger partial charge on any atom is 0.243 e. The van der Waals surface area contributed by atoms with Crippen molar-refractivity contribution in [3.05, 3.63) is 18.7 Å². The zero-order chi connectivity index (χ0) is 13.9. The molecular weight excluding hydrogens is 256 g/mol. The normalized spacial score (nSPS) is 16.5. The van der Waals surface area contributed by atoms with E-state index in [9.17, 15) is 0 Å². The molecule has 1 aliphatic rings. The standard InChI is InChI=1S/C12H18N8/c1-8(9-3-2-4-9)15-10-16-11(19-13)18-12(17-10)20-6-5-14-7-20/h5-9H,2-4,13H2,1H3,(H2,15,16,17,18,19). The molecular formula is C12H18N8. The number of rotatable bonds is 5. The minimum Gasteiger partial charge on any atom is -0.351 e. The Morgan fingerprint density at radius 1 is 1.30 bits per heavy atom. The van der Waals surface area contributed by atoms with Crippen molar-refractivity contribution < 1.29 is 0 Å². The van der Waals surface area contributed by atoms with Gasteiger partial charge in [0.25, 0.3) is 0 Å². The van der Waals surface area contributed by atoms with Crippen molar-refractivity contribution in [3.63, 3.8) is 0 Å². The molecule has 1 unspecified atom stereocenters. The molecule has 106 valence electrons. The Bertz CT molecular complexity index is 563. The lowest BCUT2D eigenvalue weighted by molar-refractivity contribution is 0.284. The lowest BCUT2D eigenvalue weighted by Gasteiger charge is -2.31. The van der Waals surface area contributed by atoms with Crippen LogP contribution in [0.5, 0.6) is 0 Å². The van der Waals surface area contributed by atoms with Crippen LogP contribution in [0.4, 0.5) is 11.9 Å². The van der Waals surface area contributed by atoms with Gasteiger partial charge in [0.2, 0.25) is 17.8 Å². The Morgan fingerprint density at radius 2 is 2.10 bits per heavy atom. The largest absolute Gasteiger partial charge is 0.351 e. The number of nitrogens with zero attached hydrogens (tertiary/aromatic N) is 5. The van der Waals surface area contributed by atoms with Crippen LogP contribution >= 0.6 is 0 Å². The SMILES string of the molecule is CC(Nc1nc(NN)nc(-n2ccnc2)n1)C1CCC1. The van der Waals surface area contributed by atoms with Crippen LogP contribution in [0.25, 0.3) is 5.95 Å². The summed E-state index contributed by atoms with van der Waals surface area (Å²) in [4.78, 5) is 16.8. The number of aromatic nitrogens is 5. The van der Waals surface area contributed by atoms with Crippen LogP contribution < -0.4 is 16.6 Å². The molecule has 8 heteroatoms. The maximum atomic E-state index is 5.41. The average Bonchev–Trinajstić information content (AvgIpc) is 2.89. The first-order valence-corrected chi connectivity index (χ1v) is 6.74. The summed E-state index contributed by atoms with van der Waals surface area (Å²) in [6, 6.07) is 0.340. The van der Waals surface area contributed by atoms with E-state index in [1.165, 1.54) is 19.3 Å². The van der Waals surface area contributed by atoms with E-state index in [1.807, 2.05) is 0 Å². The molecule has 3 rings (SSSR count). The molecule has 20 heavy (non-hydrogen) atoms. The number of nitrogen functional groups attached to an aromatic ring is 1. The highest BCUT2D eigenvalue weighted by Crippen LogP contribution is 2.30. The lowest BCUT2D eigenvalue weighted by atomic mass is 9.80. The molecule has 0 aliphatic heterocycles. The first-order chi connectivity index (χ1) is 9.76. The number of nitrogens with two attached hydrogens (primary N) is 1. The first kappa shape index (κ1) is 12.8. The Balaban J connectivity index is 1.84. The zero-order valence-electron chi connectivity index (χ0n) is 11.3. The van der Waals surface area contributed by atoms with E-state index in [-0.39, 0.29) is 0 Å². The van der Waals surface area contributed by atoms with E-state index in [0.717, 1.165) is 0 Å². The predicted octanol–water partition coefficient (Wildman–Crippen LogP) is 0.943. The number of hydrogen-bond donors (Lipinski definition) is 3. The Kier molecular flexibility index (Phi) is 3.46. The van der Waals surface area contributed by atoms with Crippen molar-refractivity contribution in [1.29, 1.82) is 0 Å². The van der Waals surface area contributed by atoms with E-state index in [1.54, 1.807) is 23.3 Å². The smallest absolute Gasteiger partial charge is 0.243 e. The topological polar surface area (TPSA) is 107 Å². The summed E-state index contributed by atoms with van der Waals surface area (Å²) in [5.41, 5.74) is 2.46. The fraction of sp³-hybridized carbons (Fsp3) is 0.500. The summed E-state index contributed by atoms with van der Waals surface area (Å²) in [7, 11) is 0. The highest BCUT2D eigenvalue weighted by atomic mass is 15.4. The molecule has 1 aliphatic carbocycles. The third kappa shape index (κ3) is 2.55. The van der Waals surface area contributed by atoms with Gasteiger partial charge in [0.15, 0.2) is 0 Å². The van der Waals surface area contributed by atoms with Crippen LogP contribution in [0.1, 0.15) is 26.2 Å². The average molecular weight is 274 g/mol. The monoisotopic (exact) mass is 274 g/mol. The summed E-state index contributed by atoms with van der Waals surface area (Å²) in [6.45, 7) is 2.15. The van der Waals surface area contributed by atoms with Gasteiger partial charge >= 0.3 is 0 Å². The van der Waals surface area contributed by atoms with Gasteiger partial charge < -0.3 is 5.32 Å². The molecule has 8 nitrogen and oxygen atoms in total. The van der Waals surface area contributed by atoms with E-state index < -0.39 is 0 Å². The molecule has 2 aromatic heterocycles. The molecule has 2 heterocycles. The minimum absolute atomic E-state index is 0.326. The van der Waals surface area contributed by atoms with Gasteiger partial charge in [-0.25, -0.2) is 10.8 Å². The summed E-state index contributed by atoms with van der Waals surface area (Å²) >= 11 is 0. The summed E-state index contributed by atoms with van der Waals surface area (Å²) in [6.07, 6.45) is 8.90. The summed E-state index contributed by atoms with van der Waals surface area (Å²) < 4.78 is 1.71. The minimum atomic E-state index is 0.326. The molecule has 4 N–H and O–H groups in total. The van der Waals surface area contributed by atoms with E-state index in [2.05, 4.69) is 37.6 Å². The van der Waals surface area contributed by atoms with Crippen LogP contribution in [0.3, 0.4) is 0 Å². The first-order valence-electron chi connectivity index (χ1n) is 6.74. The Morgan fingerprint density at radius 3 is 2.70 bits per heavy atom. The molecule has 1 saturated carbocycles. The van der Waals surface area contributed by atoms with Crippen LogP contribution in [-0.4, -0.2) is 30.5 Å². The van der Waals surface area contributed by atoms with Gasteiger partial charge in [-0.15, -0.1) is 0 Å². The second kappa shape index (κ2) is 5.41. The van der Waals surface area contributed by atoms with Crippen molar-refractivity contribution in [2.75, 3.05) is 10.7 Å². The molecule has 0 bridgehead atoms. The van der Waals surface area contributed by atoms with Crippen molar-refractivity contribution >= 4 is 11.9 Å². The van der Waals surface area contributed by atoms with Gasteiger partial charge in [-0.3, -0.25) is 9.99 Å². The number of imidazole rings is 1. The van der Waals surface area contributed by atoms with Crippen molar-refractivity contribution in [2.24, 2.45) is 11.8 Å². The number of nitrogens with one attached hydrogen (secondary N) is 2. The molecule has 0 aromatic carbocycles. The number of hydrogen-bond acceptors (Lipinski definition) is 7. The van der Waals surface area contributed by atoms with Crippen molar-refractivity contribution in [2.45, 2.75) is 32.2 Å². The van der Waals surface area contributed by atoms with Gasteiger partial charge in [-0.05, 0) is 25.7 Å². The molecule has 1 fully saturated rings. The Hall–Kier alpha value is -2.22. The molecule has 0 amide bonds. The fourth-order valence-electron chi connectivity index (χ4n) is 2.25. The van der Waals surface area contributed by atoms with Crippen LogP contribution in [0.2, 0.25) is 0 Å². The highest BCUT2D eigenvalue weighted by Gasteiger charge is 2.24. The molecule has 1 atom stereocenters. The lowest BCUT2D eigenvalue weighted by Crippen LogP contribution is -2.31. The number of anilines is 2. The van der Waals surface area contributed by atoms with Gasteiger partial charge in [0.05, 0.1) is 0 Å². The van der Waals surface area contributed by atoms with Crippen molar-refractivity contribution in [3.8, 4) is 5.95 Å². The second-order valence-corrected chi connectivity index (χ2v) is 5.02.